The molecule has 0 aromatic carbocycles. The van der Waals surface area contributed by atoms with Crippen molar-refractivity contribution in [2.75, 3.05) is 0 Å². The lowest BCUT2D eigenvalue weighted by molar-refractivity contribution is 0.792. The number of hydrogen-bond acceptors (Lipinski definition) is 7. The molecule has 4 rings (SSSR count). The lowest BCUT2D eigenvalue weighted by atomic mass is 10.4. The largest absolute Gasteiger partial charge is 0.324 e. The van der Waals surface area contributed by atoms with Crippen LogP contribution in [0.1, 0.15) is 17.2 Å². The summed E-state index contributed by atoms with van der Waals surface area (Å²) >= 11 is 0. The molecular formula is C15H13N11. The minimum Gasteiger partial charge on any atom is -0.324 e. The van der Waals surface area contributed by atoms with Gasteiger partial charge in [0.15, 0.2) is 17.2 Å². The molecule has 128 valence electrons. The van der Waals surface area contributed by atoms with Gasteiger partial charge < -0.3 is 4.98 Å². The third-order valence-corrected chi connectivity index (χ3v) is 3.66. The van der Waals surface area contributed by atoms with E-state index in [1.807, 2.05) is 13.8 Å². The van der Waals surface area contributed by atoms with E-state index in [1.54, 1.807) is 25.4 Å². The minimum absolute atomic E-state index is 0.263. The van der Waals surface area contributed by atoms with Gasteiger partial charge in [0.1, 0.15) is 5.82 Å². The lowest BCUT2D eigenvalue weighted by Gasteiger charge is -2.00. The molecule has 11 nitrogen and oxygen atoms in total. The minimum atomic E-state index is 0.263. The third-order valence-electron chi connectivity index (χ3n) is 3.66. The van der Waals surface area contributed by atoms with Crippen LogP contribution >= 0.6 is 0 Å². The first kappa shape index (κ1) is 15.6. The summed E-state index contributed by atoms with van der Waals surface area (Å²) in [4.78, 5) is 14.9. The Morgan fingerprint density at radius 3 is 2.54 bits per heavy atom. The van der Waals surface area contributed by atoms with E-state index in [-0.39, 0.29) is 5.82 Å². The van der Waals surface area contributed by atoms with E-state index in [9.17, 15) is 0 Å². The van der Waals surface area contributed by atoms with Crippen LogP contribution in [0.15, 0.2) is 28.7 Å². The molecule has 0 aliphatic rings. The summed E-state index contributed by atoms with van der Waals surface area (Å²) in [6.45, 7) is 12.8. The number of aromatic nitrogens is 8. The zero-order chi connectivity index (χ0) is 18.3. The van der Waals surface area contributed by atoms with Crippen molar-refractivity contribution >= 4 is 22.8 Å². The van der Waals surface area contributed by atoms with Crippen molar-refractivity contribution in [1.82, 2.24) is 39.6 Å². The summed E-state index contributed by atoms with van der Waals surface area (Å²) < 4.78 is 2.87. The van der Waals surface area contributed by atoms with E-state index in [1.165, 1.54) is 9.31 Å². The van der Waals surface area contributed by atoms with Crippen LogP contribution in [0.2, 0.25) is 0 Å². The van der Waals surface area contributed by atoms with Crippen LogP contribution in [-0.2, 0) is 0 Å². The van der Waals surface area contributed by atoms with Gasteiger partial charge in [0, 0.05) is 12.4 Å². The molecule has 0 bridgehead atoms. The molecule has 0 aliphatic carbocycles. The molecule has 4 aromatic heterocycles. The van der Waals surface area contributed by atoms with E-state index in [4.69, 9.17) is 6.57 Å². The fraction of sp³-hybridized carbons (Fsp3) is 0.200. The molecule has 1 N–H and O–H groups in total. The van der Waals surface area contributed by atoms with Gasteiger partial charge in [-0.05, 0) is 26.8 Å². The fourth-order valence-electron chi connectivity index (χ4n) is 2.51. The molecule has 0 saturated carbocycles. The zero-order valence-electron chi connectivity index (χ0n) is 14.2. The van der Waals surface area contributed by atoms with Crippen molar-refractivity contribution in [2.45, 2.75) is 20.8 Å². The molecule has 0 amide bonds. The summed E-state index contributed by atoms with van der Waals surface area (Å²) in [6, 6.07) is 1.70. The third kappa shape index (κ3) is 2.40. The zero-order valence-corrected chi connectivity index (χ0v) is 14.2. The molecule has 0 atom stereocenters. The van der Waals surface area contributed by atoms with Crippen molar-refractivity contribution in [3.05, 3.63) is 47.1 Å². The fourth-order valence-corrected chi connectivity index (χ4v) is 2.51. The van der Waals surface area contributed by atoms with Crippen LogP contribution in [-0.4, -0.2) is 39.6 Å². The van der Waals surface area contributed by atoms with Crippen molar-refractivity contribution in [3.8, 4) is 5.95 Å². The first-order valence-corrected chi connectivity index (χ1v) is 7.67. The first-order valence-electron chi connectivity index (χ1n) is 7.67. The van der Waals surface area contributed by atoms with Gasteiger partial charge in [-0.15, -0.1) is 20.0 Å². The van der Waals surface area contributed by atoms with E-state index in [2.05, 4.69) is 45.3 Å². The quantitative estimate of drug-likeness (QED) is 0.451. The predicted octanol–water partition coefficient (Wildman–Crippen LogP) is 2.92. The molecule has 0 fully saturated rings. The SMILES string of the molecule is [C-]#[N+]c1c(C)nn(-c2ncccn2)c1/N=N/c1c(C)nn2nc(C)[nH]c12. The van der Waals surface area contributed by atoms with Gasteiger partial charge in [-0.3, -0.25) is 0 Å². The molecule has 0 radical (unpaired) electrons. The number of nitrogens with zero attached hydrogens (tertiary/aromatic N) is 10. The number of azo groups is 1. The number of hydrogen-bond donors (Lipinski definition) is 1. The van der Waals surface area contributed by atoms with Crippen molar-refractivity contribution in [2.24, 2.45) is 10.2 Å². The Bertz CT molecular complexity index is 1170. The lowest BCUT2D eigenvalue weighted by Crippen LogP contribution is -2.01. The van der Waals surface area contributed by atoms with Crippen LogP contribution in [0.4, 0.5) is 17.2 Å². The molecule has 11 heteroatoms. The molecule has 4 aromatic rings. The van der Waals surface area contributed by atoms with E-state index < -0.39 is 0 Å². The van der Waals surface area contributed by atoms with Gasteiger partial charge in [-0.2, -0.15) is 14.9 Å². The highest BCUT2D eigenvalue weighted by molar-refractivity contribution is 5.69. The van der Waals surface area contributed by atoms with Gasteiger partial charge in [-0.1, -0.05) is 0 Å². The highest BCUT2D eigenvalue weighted by Gasteiger charge is 2.19. The molecular weight excluding hydrogens is 334 g/mol. The van der Waals surface area contributed by atoms with Gasteiger partial charge in [0.05, 0.1) is 18.0 Å². The second kappa shape index (κ2) is 5.85. The number of fused-ring (bicyclic) bond motifs is 1. The first-order chi connectivity index (χ1) is 12.6. The van der Waals surface area contributed by atoms with Gasteiger partial charge >= 0.3 is 0 Å². The highest BCUT2D eigenvalue weighted by Crippen LogP contribution is 2.35. The summed E-state index contributed by atoms with van der Waals surface area (Å²) in [5.74, 6) is 1.29. The Morgan fingerprint density at radius 1 is 1.04 bits per heavy atom. The number of H-pyrrole nitrogens is 1. The van der Waals surface area contributed by atoms with Crippen LogP contribution < -0.4 is 0 Å². The second-order valence-electron chi connectivity index (χ2n) is 5.51. The maximum absolute atomic E-state index is 7.43. The maximum atomic E-state index is 7.43. The maximum Gasteiger partial charge on any atom is 0.255 e. The van der Waals surface area contributed by atoms with Crippen LogP contribution in [0, 0.1) is 27.3 Å². The summed E-state index contributed by atoms with van der Waals surface area (Å²) in [6.07, 6.45) is 3.19. The molecule has 0 saturated heterocycles. The van der Waals surface area contributed by atoms with Crippen LogP contribution in [0.3, 0.4) is 0 Å². The highest BCUT2D eigenvalue weighted by atomic mass is 15.5. The van der Waals surface area contributed by atoms with Crippen LogP contribution in [0.5, 0.6) is 0 Å². The topological polar surface area (TPSA) is 119 Å². The van der Waals surface area contributed by atoms with E-state index in [0.29, 0.717) is 40.2 Å². The average Bonchev–Trinajstić information content (AvgIpc) is 3.23. The van der Waals surface area contributed by atoms with Gasteiger partial charge in [0.25, 0.3) is 11.6 Å². The van der Waals surface area contributed by atoms with Crippen molar-refractivity contribution in [3.63, 3.8) is 0 Å². The smallest absolute Gasteiger partial charge is 0.255 e. The molecule has 0 unspecified atom stereocenters. The second-order valence-corrected chi connectivity index (χ2v) is 5.51. The summed E-state index contributed by atoms with van der Waals surface area (Å²) in [7, 11) is 0. The molecule has 4 heterocycles. The number of rotatable bonds is 3. The Kier molecular flexibility index (Phi) is 3.51. The Labute approximate surface area is 147 Å². The van der Waals surface area contributed by atoms with Crippen molar-refractivity contribution in [1.29, 1.82) is 0 Å². The van der Waals surface area contributed by atoms with Crippen LogP contribution in [0.25, 0.3) is 16.4 Å². The molecule has 0 spiro atoms. The van der Waals surface area contributed by atoms with E-state index in [0.717, 1.165) is 0 Å². The Morgan fingerprint density at radius 2 is 1.81 bits per heavy atom. The monoisotopic (exact) mass is 347 g/mol. The Balaban J connectivity index is 1.86. The predicted molar refractivity (Wildman–Crippen MR) is 91.1 cm³/mol. The van der Waals surface area contributed by atoms with Crippen molar-refractivity contribution < 1.29 is 0 Å². The average molecular weight is 347 g/mol. The number of aryl methyl sites for hydroxylation is 3. The number of aromatic amines is 1. The number of nitrogens with one attached hydrogen (secondary N) is 1. The van der Waals surface area contributed by atoms with E-state index >= 15 is 0 Å². The Hall–Kier alpha value is -3.94. The summed E-state index contributed by atoms with van der Waals surface area (Å²) in [5, 5.41) is 21.4. The molecule has 26 heavy (non-hydrogen) atoms. The normalized spacial score (nSPS) is 11.5. The summed E-state index contributed by atoms with van der Waals surface area (Å²) in [5.41, 5.74) is 2.65. The van der Waals surface area contributed by atoms with Gasteiger partial charge in [0.2, 0.25) is 0 Å². The molecule has 0 aliphatic heterocycles. The standard InChI is InChI=1S/C15H13N11/c1-8-11(16-4)14(25(22-8)15-17-6-5-7-18-15)21-20-12-9(2)23-26-13(12)19-10(3)24-26/h5-7H,1-3H3,(H,19,24)/b21-20+. The van der Waals surface area contributed by atoms with Gasteiger partial charge in [-0.25, -0.2) is 14.8 Å².